The van der Waals surface area contributed by atoms with E-state index in [2.05, 4.69) is 11.8 Å². The van der Waals surface area contributed by atoms with E-state index in [9.17, 15) is 8.42 Å². The molecule has 0 aromatic heterocycles. The van der Waals surface area contributed by atoms with Crippen LogP contribution in [0.4, 0.5) is 11.4 Å². The number of nitrogens with two attached hydrogens (primary N) is 1. The molecular formula is C16H27N3O2S. The largest absolute Gasteiger partial charge is 0.399 e. The summed E-state index contributed by atoms with van der Waals surface area (Å²) in [5.41, 5.74) is 7.10. The van der Waals surface area contributed by atoms with Crippen molar-refractivity contribution in [3.63, 3.8) is 0 Å². The van der Waals surface area contributed by atoms with E-state index in [-0.39, 0.29) is 0 Å². The van der Waals surface area contributed by atoms with Crippen molar-refractivity contribution in [2.24, 2.45) is 5.92 Å². The average Bonchev–Trinajstić information content (AvgIpc) is 2.49. The molecule has 1 atom stereocenters. The van der Waals surface area contributed by atoms with E-state index < -0.39 is 10.0 Å². The van der Waals surface area contributed by atoms with Gasteiger partial charge in [-0.3, -0.25) is 0 Å². The summed E-state index contributed by atoms with van der Waals surface area (Å²) in [5, 5.41) is 0. The summed E-state index contributed by atoms with van der Waals surface area (Å²) >= 11 is 0. The van der Waals surface area contributed by atoms with Gasteiger partial charge in [0, 0.05) is 31.9 Å². The maximum absolute atomic E-state index is 13.1. The van der Waals surface area contributed by atoms with Crippen LogP contribution in [-0.2, 0) is 10.0 Å². The highest BCUT2D eigenvalue weighted by Crippen LogP contribution is 2.32. The molecule has 1 heterocycles. The Morgan fingerprint density at radius 1 is 1.32 bits per heavy atom. The van der Waals surface area contributed by atoms with E-state index in [4.69, 9.17) is 5.73 Å². The van der Waals surface area contributed by atoms with Crippen molar-refractivity contribution in [3.05, 3.63) is 18.2 Å². The third-order valence-electron chi connectivity index (χ3n) is 4.33. The van der Waals surface area contributed by atoms with Crippen LogP contribution in [0, 0.1) is 5.92 Å². The van der Waals surface area contributed by atoms with Crippen LogP contribution in [0.15, 0.2) is 23.1 Å². The van der Waals surface area contributed by atoms with Crippen LogP contribution in [0.1, 0.15) is 33.6 Å². The molecule has 0 bridgehead atoms. The third kappa shape index (κ3) is 3.38. The lowest BCUT2D eigenvalue weighted by molar-refractivity contribution is 0.281. The number of hydrogen-bond acceptors (Lipinski definition) is 4. The first-order valence-corrected chi connectivity index (χ1v) is 9.48. The summed E-state index contributed by atoms with van der Waals surface area (Å²) in [6.07, 6.45) is 2.01. The standard InChI is InChI=1S/C16H27N3O2S/c1-4-18(5-2)15-9-8-14(17)11-16(15)22(20,21)19-10-6-7-13(3)12-19/h8-9,11,13H,4-7,10,12,17H2,1-3H3. The number of rotatable bonds is 5. The van der Waals surface area contributed by atoms with Crippen LogP contribution in [0.5, 0.6) is 0 Å². The number of piperidine rings is 1. The predicted octanol–water partition coefficient (Wildman–Crippen LogP) is 2.54. The number of hydrogen-bond donors (Lipinski definition) is 1. The number of benzene rings is 1. The lowest BCUT2D eigenvalue weighted by Gasteiger charge is -2.32. The maximum Gasteiger partial charge on any atom is 0.245 e. The first kappa shape index (κ1) is 17.1. The lowest BCUT2D eigenvalue weighted by atomic mass is 10.0. The first-order valence-electron chi connectivity index (χ1n) is 8.04. The minimum absolute atomic E-state index is 0.338. The maximum atomic E-state index is 13.1. The van der Waals surface area contributed by atoms with Gasteiger partial charge in [-0.15, -0.1) is 0 Å². The molecule has 1 aromatic rings. The molecule has 1 saturated heterocycles. The fourth-order valence-electron chi connectivity index (χ4n) is 3.07. The van der Waals surface area contributed by atoms with E-state index in [0.717, 1.165) is 31.6 Å². The van der Waals surface area contributed by atoms with E-state index in [1.54, 1.807) is 16.4 Å². The summed E-state index contributed by atoms with van der Waals surface area (Å²) in [7, 11) is -3.50. The van der Waals surface area contributed by atoms with Crippen molar-refractivity contribution < 1.29 is 8.42 Å². The van der Waals surface area contributed by atoms with Gasteiger partial charge in [-0.1, -0.05) is 6.92 Å². The molecular weight excluding hydrogens is 298 g/mol. The van der Waals surface area contributed by atoms with Crippen molar-refractivity contribution in [1.29, 1.82) is 0 Å². The van der Waals surface area contributed by atoms with E-state index >= 15 is 0 Å². The zero-order valence-corrected chi connectivity index (χ0v) is 14.6. The second-order valence-electron chi connectivity index (χ2n) is 6.01. The molecule has 0 aliphatic carbocycles. The van der Waals surface area contributed by atoms with Gasteiger partial charge in [0.15, 0.2) is 0 Å². The number of nitrogen functional groups attached to an aromatic ring is 1. The minimum Gasteiger partial charge on any atom is -0.399 e. The molecule has 124 valence electrons. The molecule has 0 radical (unpaired) electrons. The molecule has 6 heteroatoms. The lowest BCUT2D eigenvalue weighted by Crippen LogP contribution is -2.39. The molecule has 22 heavy (non-hydrogen) atoms. The Bertz CT molecular complexity index is 612. The highest BCUT2D eigenvalue weighted by Gasteiger charge is 2.31. The molecule has 1 unspecified atom stereocenters. The van der Waals surface area contributed by atoms with Gasteiger partial charge in [0.2, 0.25) is 10.0 Å². The van der Waals surface area contributed by atoms with Gasteiger partial charge in [-0.05, 0) is 50.8 Å². The fraction of sp³-hybridized carbons (Fsp3) is 0.625. The van der Waals surface area contributed by atoms with Gasteiger partial charge in [-0.25, -0.2) is 8.42 Å². The number of anilines is 2. The smallest absolute Gasteiger partial charge is 0.245 e. The number of sulfonamides is 1. The quantitative estimate of drug-likeness (QED) is 0.845. The molecule has 1 fully saturated rings. The first-order chi connectivity index (χ1) is 10.4. The summed E-state index contributed by atoms with van der Waals surface area (Å²) in [4.78, 5) is 2.39. The van der Waals surface area contributed by atoms with Gasteiger partial charge in [0.25, 0.3) is 0 Å². The topological polar surface area (TPSA) is 66.6 Å². The van der Waals surface area contributed by atoms with Gasteiger partial charge in [-0.2, -0.15) is 4.31 Å². The monoisotopic (exact) mass is 325 g/mol. The summed E-state index contributed by atoms with van der Waals surface area (Å²) in [5.74, 6) is 0.404. The van der Waals surface area contributed by atoms with Crippen molar-refractivity contribution in [2.75, 3.05) is 36.8 Å². The average molecular weight is 325 g/mol. The Balaban J connectivity index is 2.47. The minimum atomic E-state index is -3.50. The van der Waals surface area contributed by atoms with Gasteiger partial charge < -0.3 is 10.6 Å². The van der Waals surface area contributed by atoms with Crippen molar-refractivity contribution in [1.82, 2.24) is 4.31 Å². The summed E-state index contributed by atoms with van der Waals surface area (Å²) in [6, 6.07) is 5.19. The highest BCUT2D eigenvalue weighted by molar-refractivity contribution is 7.89. The zero-order chi connectivity index (χ0) is 16.3. The van der Waals surface area contributed by atoms with Gasteiger partial charge in [0.1, 0.15) is 4.90 Å². The second-order valence-corrected chi connectivity index (χ2v) is 7.92. The van der Waals surface area contributed by atoms with E-state index in [0.29, 0.717) is 29.6 Å². The molecule has 1 aromatic carbocycles. The Labute approximate surface area is 134 Å². The van der Waals surface area contributed by atoms with Crippen molar-refractivity contribution in [2.45, 2.75) is 38.5 Å². The van der Waals surface area contributed by atoms with Crippen LogP contribution < -0.4 is 10.6 Å². The van der Waals surface area contributed by atoms with Crippen LogP contribution in [0.3, 0.4) is 0 Å². The van der Waals surface area contributed by atoms with E-state index in [1.807, 2.05) is 19.9 Å². The summed E-state index contributed by atoms with van der Waals surface area (Å²) < 4.78 is 27.8. The molecule has 5 nitrogen and oxygen atoms in total. The second kappa shape index (κ2) is 6.87. The predicted molar refractivity (Wildman–Crippen MR) is 91.6 cm³/mol. The third-order valence-corrected chi connectivity index (χ3v) is 6.22. The fourth-order valence-corrected chi connectivity index (χ4v) is 4.91. The van der Waals surface area contributed by atoms with Gasteiger partial charge in [0.05, 0.1) is 5.69 Å². The molecule has 1 aliphatic heterocycles. The molecule has 0 amide bonds. The Morgan fingerprint density at radius 2 is 2.00 bits per heavy atom. The molecule has 1 aliphatic rings. The Morgan fingerprint density at radius 3 is 2.59 bits per heavy atom. The highest BCUT2D eigenvalue weighted by atomic mass is 32.2. The summed E-state index contributed by atoms with van der Waals surface area (Å²) in [6.45, 7) is 8.87. The SMILES string of the molecule is CCN(CC)c1ccc(N)cc1S(=O)(=O)N1CCCC(C)C1. The zero-order valence-electron chi connectivity index (χ0n) is 13.7. The molecule has 2 N–H and O–H groups in total. The molecule has 0 spiro atoms. The van der Waals surface area contributed by atoms with Crippen LogP contribution in [0.25, 0.3) is 0 Å². The Kier molecular flexibility index (Phi) is 5.34. The number of nitrogens with zero attached hydrogens (tertiary/aromatic N) is 2. The van der Waals surface area contributed by atoms with E-state index in [1.165, 1.54) is 0 Å². The normalized spacial score (nSPS) is 20.0. The Hall–Kier alpha value is -1.27. The van der Waals surface area contributed by atoms with Gasteiger partial charge >= 0.3 is 0 Å². The van der Waals surface area contributed by atoms with Crippen LogP contribution >= 0.6 is 0 Å². The molecule has 2 rings (SSSR count). The van der Waals surface area contributed by atoms with Crippen LogP contribution in [-0.4, -0.2) is 38.9 Å². The van der Waals surface area contributed by atoms with Crippen molar-refractivity contribution >= 4 is 21.4 Å². The molecule has 0 saturated carbocycles. The van der Waals surface area contributed by atoms with Crippen LogP contribution in [0.2, 0.25) is 0 Å². The van der Waals surface area contributed by atoms with Crippen molar-refractivity contribution in [3.8, 4) is 0 Å².